The smallest absolute Gasteiger partial charge is 0.328 e. The Kier molecular flexibility index (Phi) is 13.8. The molecule has 1 aromatic rings. The maximum absolute atomic E-state index is 13.3. The molecule has 0 heterocycles. The fourth-order valence-electron chi connectivity index (χ4n) is 3.61. The SMILES string of the molecule is CC(C)CC(NC(=O)C(Cc1ccccc1)NC(=O)C(N)CCCN=C(N)N)C(=O)NC(C(=O)O)C(C)O. The number of nitrogens with zero attached hydrogens (tertiary/aromatic N) is 1. The number of nitrogens with two attached hydrogens (primary N) is 3. The van der Waals surface area contributed by atoms with Gasteiger partial charge in [0.2, 0.25) is 17.7 Å². The normalized spacial score (nSPS) is 14.9. The van der Waals surface area contributed by atoms with Gasteiger partial charge in [-0.15, -0.1) is 0 Å². The molecule has 38 heavy (non-hydrogen) atoms. The second-order valence-corrected chi connectivity index (χ2v) is 9.56. The van der Waals surface area contributed by atoms with Crippen molar-refractivity contribution >= 4 is 29.7 Å². The van der Waals surface area contributed by atoms with E-state index >= 15 is 0 Å². The van der Waals surface area contributed by atoms with Crippen molar-refractivity contribution in [1.82, 2.24) is 16.0 Å². The number of guanidine groups is 1. The first-order chi connectivity index (χ1) is 17.8. The Hall–Kier alpha value is -3.71. The molecule has 0 saturated heterocycles. The summed E-state index contributed by atoms with van der Waals surface area (Å²) in [6.07, 6.45) is -0.311. The lowest BCUT2D eigenvalue weighted by atomic mass is 10.00. The molecule has 0 fully saturated rings. The Labute approximate surface area is 222 Å². The number of nitrogens with one attached hydrogen (secondary N) is 3. The number of carbonyl (C=O) groups excluding carboxylic acids is 3. The number of hydrogen-bond acceptors (Lipinski definition) is 7. The third kappa shape index (κ3) is 12.0. The number of aliphatic hydroxyl groups is 1. The summed E-state index contributed by atoms with van der Waals surface area (Å²) in [5.41, 5.74) is 17.4. The highest BCUT2D eigenvalue weighted by Gasteiger charge is 2.32. The van der Waals surface area contributed by atoms with E-state index in [0.29, 0.717) is 13.0 Å². The van der Waals surface area contributed by atoms with Gasteiger partial charge in [-0.2, -0.15) is 0 Å². The molecular weight excluding hydrogens is 494 g/mol. The molecule has 0 spiro atoms. The second kappa shape index (κ2) is 16.2. The molecule has 0 aliphatic rings. The minimum Gasteiger partial charge on any atom is -0.480 e. The van der Waals surface area contributed by atoms with E-state index in [4.69, 9.17) is 17.2 Å². The summed E-state index contributed by atoms with van der Waals surface area (Å²) in [6.45, 7) is 5.20. The zero-order valence-electron chi connectivity index (χ0n) is 22.1. The first kappa shape index (κ1) is 32.3. The number of carboxylic acids is 1. The Morgan fingerprint density at radius 2 is 1.50 bits per heavy atom. The van der Waals surface area contributed by atoms with Gasteiger partial charge in [-0.1, -0.05) is 44.2 Å². The van der Waals surface area contributed by atoms with E-state index in [9.17, 15) is 29.4 Å². The number of aliphatic hydroxyl groups excluding tert-OH is 1. The predicted molar refractivity (Wildman–Crippen MR) is 143 cm³/mol. The van der Waals surface area contributed by atoms with Crippen molar-refractivity contribution in [2.75, 3.05) is 6.54 Å². The van der Waals surface area contributed by atoms with Crippen molar-refractivity contribution in [2.24, 2.45) is 28.1 Å². The van der Waals surface area contributed by atoms with Gasteiger partial charge in [-0.25, -0.2) is 4.79 Å². The van der Waals surface area contributed by atoms with Crippen molar-refractivity contribution in [3.8, 4) is 0 Å². The number of aliphatic carboxylic acids is 1. The highest BCUT2D eigenvalue weighted by molar-refractivity contribution is 5.94. The number of aliphatic imine (C=N–C) groups is 1. The quantitative estimate of drug-likeness (QED) is 0.0703. The third-order valence-electron chi connectivity index (χ3n) is 5.61. The van der Waals surface area contributed by atoms with Crippen molar-refractivity contribution in [2.45, 2.75) is 76.7 Å². The van der Waals surface area contributed by atoms with E-state index in [1.807, 2.05) is 19.9 Å². The molecule has 0 aliphatic carbocycles. The number of hydrogen-bond donors (Lipinski definition) is 8. The molecule has 1 aromatic carbocycles. The Bertz CT molecular complexity index is 951. The van der Waals surface area contributed by atoms with Gasteiger partial charge >= 0.3 is 5.97 Å². The lowest BCUT2D eigenvalue weighted by molar-refractivity contribution is -0.145. The van der Waals surface area contributed by atoms with Gasteiger partial charge in [0.05, 0.1) is 12.1 Å². The average Bonchev–Trinajstić information content (AvgIpc) is 2.83. The summed E-state index contributed by atoms with van der Waals surface area (Å²) in [5, 5.41) is 26.6. The number of carbonyl (C=O) groups is 4. The van der Waals surface area contributed by atoms with Crippen LogP contribution in [0.25, 0.3) is 0 Å². The summed E-state index contributed by atoms with van der Waals surface area (Å²) in [7, 11) is 0. The Morgan fingerprint density at radius 3 is 2.03 bits per heavy atom. The number of benzene rings is 1. The van der Waals surface area contributed by atoms with Crippen molar-refractivity contribution < 1.29 is 29.4 Å². The number of amides is 3. The maximum Gasteiger partial charge on any atom is 0.328 e. The van der Waals surface area contributed by atoms with Crippen LogP contribution in [0.2, 0.25) is 0 Å². The van der Waals surface area contributed by atoms with Crippen LogP contribution in [-0.2, 0) is 25.6 Å². The topological polar surface area (TPSA) is 235 Å². The van der Waals surface area contributed by atoms with Crippen LogP contribution < -0.4 is 33.2 Å². The molecule has 0 radical (unpaired) electrons. The van der Waals surface area contributed by atoms with E-state index in [-0.39, 0.29) is 31.1 Å². The van der Waals surface area contributed by atoms with E-state index in [1.54, 1.807) is 24.3 Å². The molecule has 5 atom stereocenters. The number of rotatable bonds is 16. The van der Waals surface area contributed by atoms with Crippen molar-refractivity contribution in [3.63, 3.8) is 0 Å². The molecule has 11 N–H and O–H groups in total. The van der Waals surface area contributed by atoms with E-state index in [2.05, 4.69) is 20.9 Å². The summed E-state index contributed by atoms with van der Waals surface area (Å²) in [6, 6.07) is 4.33. The van der Waals surface area contributed by atoms with Gasteiger partial charge in [0.25, 0.3) is 0 Å². The summed E-state index contributed by atoms with van der Waals surface area (Å²) in [4.78, 5) is 54.3. The third-order valence-corrected chi connectivity index (χ3v) is 5.61. The zero-order valence-corrected chi connectivity index (χ0v) is 22.1. The molecule has 0 aliphatic heterocycles. The van der Waals surface area contributed by atoms with Gasteiger partial charge < -0.3 is 43.4 Å². The molecule has 0 saturated carbocycles. The fraction of sp³-hybridized carbons (Fsp3) is 0.560. The average molecular weight is 536 g/mol. The van der Waals surface area contributed by atoms with E-state index < -0.39 is 54.0 Å². The van der Waals surface area contributed by atoms with E-state index in [0.717, 1.165) is 5.56 Å². The van der Waals surface area contributed by atoms with Gasteiger partial charge in [0.1, 0.15) is 12.1 Å². The molecule has 5 unspecified atom stereocenters. The molecule has 0 aromatic heterocycles. The first-order valence-electron chi connectivity index (χ1n) is 12.5. The standard InChI is InChI=1S/C25H41N7O6/c1-14(2)12-18(23(36)32-20(15(3)33)24(37)38)31-22(35)19(13-16-8-5-4-6-9-16)30-21(34)17(26)10-7-11-29-25(27)28/h4-6,8-9,14-15,17-20,33H,7,10-13,26H2,1-3H3,(H,30,34)(H,31,35)(H,32,36)(H,37,38)(H4,27,28,29). The number of carboxylic acid groups (broad SMARTS) is 1. The Balaban J connectivity index is 3.05. The van der Waals surface area contributed by atoms with Crippen LogP contribution in [0.1, 0.15) is 45.6 Å². The van der Waals surface area contributed by atoms with Gasteiger partial charge in [0, 0.05) is 13.0 Å². The van der Waals surface area contributed by atoms with Gasteiger partial charge in [-0.05, 0) is 37.7 Å². The predicted octanol–water partition coefficient (Wildman–Crippen LogP) is -1.42. The van der Waals surface area contributed by atoms with Crippen molar-refractivity contribution in [1.29, 1.82) is 0 Å². The second-order valence-electron chi connectivity index (χ2n) is 9.56. The van der Waals surface area contributed by atoms with E-state index in [1.165, 1.54) is 6.92 Å². The first-order valence-corrected chi connectivity index (χ1v) is 12.5. The highest BCUT2D eigenvalue weighted by Crippen LogP contribution is 2.09. The molecule has 212 valence electrons. The van der Waals surface area contributed by atoms with Crippen LogP contribution >= 0.6 is 0 Å². The monoisotopic (exact) mass is 535 g/mol. The molecule has 1 rings (SSSR count). The zero-order chi connectivity index (χ0) is 28.8. The minimum absolute atomic E-state index is 0.0401. The van der Waals surface area contributed by atoms with Crippen molar-refractivity contribution in [3.05, 3.63) is 35.9 Å². The van der Waals surface area contributed by atoms with Crippen LogP contribution in [0, 0.1) is 5.92 Å². The van der Waals surface area contributed by atoms with Crippen LogP contribution in [0.5, 0.6) is 0 Å². The minimum atomic E-state index is -1.55. The Morgan fingerprint density at radius 1 is 0.921 bits per heavy atom. The van der Waals surface area contributed by atoms with Crippen LogP contribution in [0.3, 0.4) is 0 Å². The fourth-order valence-corrected chi connectivity index (χ4v) is 3.61. The summed E-state index contributed by atoms with van der Waals surface area (Å²) < 4.78 is 0. The summed E-state index contributed by atoms with van der Waals surface area (Å²) >= 11 is 0. The van der Waals surface area contributed by atoms with Crippen LogP contribution in [-0.4, -0.2) is 76.7 Å². The molecule has 13 nitrogen and oxygen atoms in total. The molecular formula is C25H41N7O6. The van der Waals surface area contributed by atoms with Gasteiger partial charge in [-0.3, -0.25) is 19.4 Å². The largest absolute Gasteiger partial charge is 0.480 e. The molecule has 13 heteroatoms. The lowest BCUT2D eigenvalue weighted by Gasteiger charge is -2.26. The highest BCUT2D eigenvalue weighted by atomic mass is 16.4. The summed E-state index contributed by atoms with van der Waals surface area (Å²) in [5.74, 6) is -3.48. The molecule has 0 bridgehead atoms. The molecule has 3 amide bonds. The van der Waals surface area contributed by atoms with Crippen LogP contribution in [0.4, 0.5) is 0 Å². The van der Waals surface area contributed by atoms with Crippen LogP contribution in [0.15, 0.2) is 35.3 Å². The lowest BCUT2D eigenvalue weighted by Crippen LogP contribution is -2.58. The maximum atomic E-state index is 13.3. The van der Waals surface area contributed by atoms with Gasteiger partial charge in [0.15, 0.2) is 12.0 Å².